The van der Waals surface area contributed by atoms with E-state index in [1.807, 2.05) is 0 Å². The van der Waals surface area contributed by atoms with Crippen molar-refractivity contribution in [3.05, 3.63) is 30.3 Å². The van der Waals surface area contributed by atoms with Crippen LogP contribution in [-0.4, -0.2) is 18.2 Å². The molecule has 2 atom stereocenters. The number of para-hydroxylation sites is 1. The largest absolute Gasteiger partial charge is 1.00 e. The Morgan fingerprint density at radius 3 is 2.53 bits per heavy atom. The van der Waals surface area contributed by atoms with Crippen LogP contribution >= 0.6 is 7.60 Å². The van der Waals surface area contributed by atoms with Crippen molar-refractivity contribution in [1.82, 2.24) is 0 Å². The van der Waals surface area contributed by atoms with E-state index in [9.17, 15) is 14.3 Å². The molecule has 0 amide bonds. The molecule has 1 aromatic carbocycles. The molecule has 1 aliphatic heterocycles. The van der Waals surface area contributed by atoms with Crippen molar-refractivity contribution in [2.24, 2.45) is 0 Å². The Labute approximate surface area is 111 Å². The van der Waals surface area contributed by atoms with Gasteiger partial charge >= 0.3 is 24.8 Å². The number of cyclic esters (lactones) is 1. The minimum absolute atomic E-state index is 0. The molecule has 0 spiro atoms. The molecule has 86 valence electrons. The van der Waals surface area contributed by atoms with E-state index in [2.05, 4.69) is 4.74 Å². The van der Waals surface area contributed by atoms with Crippen LogP contribution in [0.4, 0.5) is 0 Å². The maximum atomic E-state index is 11.7. The van der Waals surface area contributed by atoms with Crippen LogP contribution in [0.2, 0.25) is 0 Å². The molecule has 1 fully saturated rings. The van der Waals surface area contributed by atoms with Crippen LogP contribution in [0, 0.1) is 0 Å². The van der Waals surface area contributed by atoms with E-state index in [0.717, 1.165) is 0 Å². The Morgan fingerprint density at radius 2 is 2.00 bits per heavy atom. The zero-order valence-electron chi connectivity index (χ0n) is 9.37. The Morgan fingerprint density at radius 1 is 1.35 bits per heavy atom. The standard InChI is InChI=1S/C10H11O5P.Li/c11-10-9(6-7-14-10)16(12,13)15-8-4-2-1-3-5-8;/h1-5,9H,6-7H2,(H,12,13);/q;+1/p-1. The second kappa shape index (κ2) is 5.75. The average Bonchev–Trinajstić information content (AvgIpc) is 2.66. The molecule has 5 nitrogen and oxygen atoms in total. The fourth-order valence-electron chi connectivity index (χ4n) is 1.46. The molecular weight excluding hydrogens is 238 g/mol. The summed E-state index contributed by atoms with van der Waals surface area (Å²) < 4.78 is 21.2. The molecule has 1 saturated heterocycles. The second-order valence-electron chi connectivity index (χ2n) is 3.42. The molecule has 17 heavy (non-hydrogen) atoms. The van der Waals surface area contributed by atoms with Gasteiger partial charge in [-0.1, -0.05) is 18.2 Å². The molecule has 2 unspecified atom stereocenters. The Kier molecular flexibility index (Phi) is 4.85. The number of benzene rings is 1. The molecule has 0 radical (unpaired) electrons. The topological polar surface area (TPSA) is 75.7 Å². The van der Waals surface area contributed by atoms with Gasteiger partial charge in [0.25, 0.3) is 0 Å². The molecule has 0 bridgehead atoms. The maximum absolute atomic E-state index is 11.7. The van der Waals surface area contributed by atoms with E-state index >= 15 is 0 Å². The smallest absolute Gasteiger partial charge is 0.768 e. The fraction of sp³-hybridized carbons (Fsp3) is 0.300. The van der Waals surface area contributed by atoms with Gasteiger partial charge in [0.2, 0.25) is 0 Å². The Bertz CT molecular complexity index is 436. The first-order chi connectivity index (χ1) is 7.59. The minimum atomic E-state index is -4.24. The van der Waals surface area contributed by atoms with Crippen LogP contribution in [0.25, 0.3) is 0 Å². The summed E-state index contributed by atoms with van der Waals surface area (Å²) in [6, 6.07) is 8.09. The number of rotatable bonds is 3. The van der Waals surface area contributed by atoms with Crippen molar-refractivity contribution in [2.75, 3.05) is 6.61 Å². The minimum Gasteiger partial charge on any atom is -0.768 e. The van der Waals surface area contributed by atoms with Crippen molar-refractivity contribution in [2.45, 2.75) is 12.1 Å². The Balaban J connectivity index is 0.00000144. The molecule has 1 heterocycles. The van der Waals surface area contributed by atoms with Crippen LogP contribution in [0.5, 0.6) is 5.75 Å². The first-order valence-corrected chi connectivity index (χ1v) is 6.43. The van der Waals surface area contributed by atoms with Crippen molar-refractivity contribution >= 4 is 13.6 Å². The molecule has 7 heteroatoms. The zero-order valence-corrected chi connectivity index (χ0v) is 10.3. The predicted octanol–water partition coefficient (Wildman–Crippen LogP) is -2.06. The van der Waals surface area contributed by atoms with Crippen molar-refractivity contribution in [3.63, 3.8) is 0 Å². The normalized spacial score (nSPS) is 22.2. The van der Waals surface area contributed by atoms with Crippen LogP contribution in [0.15, 0.2) is 30.3 Å². The van der Waals surface area contributed by atoms with Crippen molar-refractivity contribution < 1.29 is 42.4 Å². The van der Waals surface area contributed by atoms with Gasteiger partial charge in [0.15, 0.2) is 7.60 Å². The van der Waals surface area contributed by atoms with Gasteiger partial charge in [-0.15, -0.1) is 0 Å². The summed E-state index contributed by atoms with van der Waals surface area (Å²) in [6.45, 7) is 0.133. The van der Waals surface area contributed by atoms with Gasteiger partial charge in [-0.25, -0.2) is 0 Å². The molecule has 2 rings (SSSR count). The first-order valence-electron chi connectivity index (χ1n) is 4.81. The average molecular weight is 248 g/mol. The summed E-state index contributed by atoms with van der Waals surface area (Å²) >= 11 is 0. The van der Waals surface area contributed by atoms with Gasteiger partial charge < -0.3 is 14.2 Å². The number of carbonyl (C=O) groups excluding carboxylic acids is 1. The Hall–Kier alpha value is -0.723. The summed E-state index contributed by atoms with van der Waals surface area (Å²) in [4.78, 5) is 22.9. The maximum Gasteiger partial charge on any atom is 1.00 e. The second-order valence-corrected chi connectivity index (χ2v) is 5.30. The molecule has 0 aliphatic carbocycles. The third-order valence-corrected chi connectivity index (χ3v) is 3.96. The van der Waals surface area contributed by atoms with E-state index in [1.165, 1.54) is 12.1 Å². The first kappa shape index (κ1) is 14.3. The third kappa shape index (κ3) is 3.37. The molecular formula is C10H10LiO5P. The van der Waals surface area contributed by atoms with Crippen LogP contribution in [0.3, 0.4) is 0 Å². The monoisotopic (exact) mass is 248 g/mol. The number of esters is 1. The van der Waals surface area contributed by atoms with E-state index in [4.69, 9.17) is 4.52 Å². The zero-order chi connectivity index (χ0) is 11.6. The molecule has 1 aromatic rings. The number of hydrogen-bond acceptors (Lipinski definition) is 5. The van der Waals surface area contributed by atoms with Gasteiger partial charge in [0.05, 0.1) is 6.61 Å². The third-order valence-electron chi connectivity index (χ3n) is 2.27. The summed E-state index contributed by atoms with van der Waals surface area (Å²) in [5, 5.41) is 0. The van der Waals surface area contributed by atoms with Gasteiger partial charge in [0, 0.05) is 6.42 Å². The fourth-order valence-corrected chi connectivity index (χ4v) is 2.76. The summed E-state index contributed by atoms with van der Waals surface area (Å²) in [7, 11) is -4.24. The van der Waals surface area contributed by atoms with Gasteiger partial charge in [-0.05, 0) is 12.1 Å². The van der Waals surface area contributed by atoms with E-state index in [-0.39, 0.29) is 37.6 Å². The van der Waals surface area contributed by atoms with Crippen LogP contribution in [-0.2, 0) is 14.1 Å². The van der Waals surface area contributed by atoms with Gasteiger partial charge in [-0.3, -0.25) is 9.36 Å². The van der Waals surface area contributed by atoms with E-state index in [1.54, 1.807) is 18.2 Å². The molecule has 1 aliphatic rings. The van der Waals surface area contributed by atoms with Crippen LogP contribution < -0.4 is 28.3 Å². The quantitative estimate of drug-likeness (QED) is 0.349. The predicted molar refractivity (Wildman–Crippen MR) is 54.0 cm³/mol. The van der Waals surface area contributed by atoms with Crippen LogP contribution in [0.1, 0.15) is 6.42 Å². The van der Waals surface area contributed by atoms with Gasteiger partial charge in [-0.2, -0.15) is 0 Å². The summed E-state index contributed by atoms with van der Waals surface area (Å²) in [6.07, 6.45) is 0.159. The van der Waals surface area contributed by atoms with E-state index in [0.29, 0.717) is 0 Å². The van der Waals surface area contributed by atoms with Crippen molar-refractivity contribution in [3.8, 4) is 5.75 Å². The number of hydrogen-bond donors (Lipinski definition) is 0. The molecule has 0 aromatic heterocycles. The van der Waals surface area contributed by atoms with Gasteiger partial charge in [0.1, 0.15) is 11.4 Å². The summed E-state index contributed by atoms with van der Waals surface area (Å²) in [5.74, 6) is -0.519. The number of ether oxygens (including phenoxy) is 1. The SMILES string of the molecule is O=C1OCCC1P(=O)([O-])Oc1ccccc1.[Li+]. The number of carbonyl (C=O) groups is 1. The molecule has 0 N–H and O–H groups in total. The van der Waals surface area contributed by atoms with Crippen molar-refractivity contribution in [1.29, 1.82) is 0 Å². The molecule has 0 saturated carbocycles. The van der Waals surface area contributed by atoms with E-state index < -0.39 is 19.2 Å². The summed E-state index contributed by atoms with van der Waals surface area (Å²) in [5.41, 5.74) is -1.17.